The normalized spacial score (nSPS) is 10.4. The van der Waals surface area contributed by atoms with Crippen molar-refractivity contribution >= 4 is 21.7 Å². The lowest BCUT2D eigenvalue weighted by atomic mass is 10.1. The van der Waals surface area contributed by atoms with Gasteiger partial charge >= 0.3 is 0 Å². The molecule has 0 amide bonds. The summed E-state index contributed by atoms with van der Waals surface area (Å²) < 4.78 is 32.3. The summed E-state index contributed by atoms with van der Waals surface area (Å²) in [6.45, 7) is 1.41. The van der Waals surface area contributed by atoms with Gasteiger partial charge in [-0.15, -0.1) is 0 Å². The van der Waals surface area contributed by atoms with Crippen LogP contribution in [-0.2, 0) is 6.61 Å². The number of hydrogen-bond donors (Lipinski definition) is 0. The van der Waals surface area contributed by atoms with Gasteiger partial charge < -0.3 is 4.74 Å². The lowest BCUT2D eigenvalue weighted by Gasteiger charge is -2.11. The fourth-order valence-electron chi connectivity index (χ4n) is 1.72. The Bertz CT molecular complexity index is 656. The predicted molar refractivity (Wildman–Crippen MR) is 74.8 cm³/mol. The van der Waals surface area contributed by atoms with Crippen LogP contribution in [0.5, 0.6) is 5.75 Å². The van der Waals surface area contributed by atoms with Crippen LogP contribution in [0.15, 0.2) is 40.9 Å². The Balaban J connectivity index is 2.23. The van der Waals surface area contributed by atoms with Crippen molar-refractivity contribution in [2.75, 3.05) is 0 Å². The minimum atomic E-state index is -0.505. The van der Waals surface area contributed by atoms with E-state index >= 15 is 0 Å². The maximum atomic E-state index is 13.4. The largest absolute Gasteiger partial charge is 0.488 e. The summed E-state index contributed by atoms with van der Waals surface area (Å²) in [6.07, 6.45) is 0. The van der Waals surface area contributed by atoms with Gasteiger partial charge in [0, 0.05) is 5.56 Å². The predicted octanol–water partition coefficient (Wildman–Crippen LogP) is 4.51. The van der Waals surface area contributed by atoms with Crippen LogP contribution in [0, 0.1) is 11.6 Å². The van der Waals surface area contributed by atoms with Crippen molar-refractivity contribution in [3.63, 3.8) is 0 Å². The van der Waals surface area contributed by atoms with E-state index in [4.69, 9.17) is 4.74 Å². The number of rotatable bonds is 4. The van der Waals surface area contributed by atoms with Crippen LogP contribution in [0.4, 0.5) is 8.78 Å². The van der Waals surface area contributed by atoms with Gasteiger partial charge in [0.25, 0.3) is 0 Å². The summed E-state index contributed by atoms with van der Waals surface area (Å²) in [6, 6.07) is 8.31. The third kappa shape index (κ3) is 3.22. The zero-order valence-corrected chi connectivity index (χ0v) is 12.2. The molecule has 0 radical (unpaired) electrons. The van der Waals surface area contributed by atoms with Gasteiger partial charge in [0.1, 0.15) is 24.0 Å². The lowest BCUT2D eigenvalue weighted by Crippen LogP contribution is -2.03. The smallest absolute Gasteiger partial charge is 0.163 e. The summed E-state index contributed by atoms with van der Waals surface area (Å²) in [5.41, 5.74) is 0.765. The number of carbonyl (C=O) groups excluding carboxylic acids is 1. The summed E-state index contributed by atoms with van der Waals surface area (Å²) in [5.74, 6) is -0.917. The quantitative estimate of drug-likeness (QED) is 0.765. The summed E-state index contributed by atoms with van der Waals surface area (Å²) in [7, 11) is 0. The second kappa shape index (κ2) is 6.13. The molecule has 0 N–H and O–H groups in total. The second-order valence-corrected chi connectivity index (χ2v) is 4.99. The van der Waals surface area contributed by atoms with Gasteiger partial charge in [-0.25, -0.2) is 8.78 Å². The average Bonchev–Trinajstić information content (AvgIpc) is 2.41. The van der Waals surface area contributed by atoms with E-state index in [0.29, 0.717) is 10.0 Å². The van der Waals surface area contributed by atoms with Crippen molar-refractivity contribution in [3.05, 3.63) is 63.6 Å². The second-order valence-electron chi connectivity index (χ2n) is 4.20. The maximum Gasteiger partial charge on any atom is 0.163 e. The topological polar surface area (TPSA) is 26.3 Å². The van der Waals surface area contributed by atoms with Gasteiger partial charge in [-0.05, 0) is 47.1 Å². The molecule has 0 aliphatic rings. The first-order valence-corrected chi connectivity index (χ1v) is 6.64. The molecule has 0 unspecified atom stereocenters. The SMILES string of the molecule is CC(=O)c1cc(F)ccc1OCc1cccc(F)c1Br. The van der Waals surface area contributed by atoms with Crippen LogP contribution in [0.3, 0.4) is 0 Å². The van der Waals surface area contributed by atoms with E-state index in [1.165, 1.54) is 25.1 Å². The molecule has 0 fully saturated rings. The molecular formula is C15H11BrF2O2. The average molecular weight is 341 g/mol. The minimum Gasteiger partial charge on any atom is -0.488 e. The molecule has 0 saturated heterocycles. The molecule has 0 heterocycles. The van der Waals surface area contributed by atoms with Crippen LogP contribution in [0.2, 0.25) is 0 Å². The molecule has 0 aliphatic carbocycles. The molecule has 2 aromatic rings. The van der Waals surface area contributed by atoms with E-state index in [9.17, 15) is 13.6 Å². The van der Waals surface area contributed by atoms with Crippen LogP contribution < -0.4 is 4.74 Å². The van der Waals surface area contributed by atoms with Gasteiger partial charge in [-0.2, -0.15) is 0 Å². The van der Waals surface area contributed by atoms with Gasteiger partial charge in [0.2, 0.25) is 0 Å². The zero-order valence-electron chi connectivity index (χ0n) is 10.6. The molecule has 0 aromatic heterocycles. The van der Waals surface area contributed by atoms with Crippen LogP contribution in [0.1, 0.15) is 22.8 Å². The molecule has 0 atom stereocenters. The lowest BCUT2D eigenvalue weighted by molar-refractivity contribution is 0.101. The van der Waals surface area contributed by atoms with Crippen molar-refractivity contribution in [1.29, 1.82) is 0 Å². The molecule has 0 spiro atoms. The Morgan fingerprint density at radius 2 is 2.00 bits per heavy atom. The van der Waals surface area contributed by atoms with E-state index in [0.717, 1.165) is 6.07 Å². The number of Topliss-reactive ketones (excluding diaryl/α,β-unsaturated/α-hetero) is 1. The van der Waals surface area contributed by atoms with E-state index < -0.39 is 11.6 Å². The summed E-state index contributed by atoms with van der Waals surface area (Å²) in [5, 5.41) is 0. The maximum absolute atomic E-state index is 13.4. The Morgan fingerprint density at radius 3 is 2.70 bits per heavy atom. The molecule has 104 valence electrons. The van der Waals surface area contributed by atoms with E-state index in [1.807, 2.05) is 0 Å². The molecule has 0 bridgehead atoms. The highest BCUT2D eigenvalue weighted by Gasteiger charge is 2.11. The minimum absolute atomic E-state index is 0.0737. The molecule has 2 rings (SSSR count). The van der Waals surface area contributed by atoms with Crippen molar-refractivity contribution in [1.82, 2.24) is 0 Å². The first-order chi connectivity index (χ1) is 9.49. The fraction of sp³-hybridized carbons (Fsp3) is 0.133. The van der Waals surface area contributed by atoms with E-state index in [2.05, 4.69) is 15.9 Å². The molecule has 0 aliphatic heterocycles. The number of ether oxygens (including phenoxy) is 1. The molecule has 20 heavy (non-hydrogen) atoms. The fourth-order valence-corrected chi connectivity index (χ4v) is 2.10. The Kier molecular flexibility index (Phi) is 4.49. The monoisotopic (exact) mass is 340 g/mol. The number of hydrogen-bond acceptors (Lipinski definition) is 2. The Morgan fingerprint density at radius 1 is 1.25 bits per heavy atom. The van der Waals surface area contributed by atoms with Gasteiger partial charge in [0.05, 0.1) is 10.0 Å². The van der Waals surface area contributed by atoms with E-state index in [-0.39, 0.29) is 23.7 Å². The number of carbonyl (C=O) groups is 1. The third-order valence-electron chi connectivity index (χ3n) is 2.74. The Labute approximate surface area is 123 Å². The van der Waals surface area contributed by atoms with Crippen molar-refractivity contribution in [2.45, 2.75) is 13.5 Å². The molecule has 0 saturated carbocycles. The highest BCUT2D eigenvalue weighted by Crippen LogP contribution is 2.25. The number of benzene rings is 2. The molecule has 2 nitrogen and oxygen atoms in total. The molecule has 2 aromatic carbocycles. The number of ketones is 1. The standard InChI is InChI=1S/C15H11BrF2O2/c1-9(19)12-7-11(17)5-6-14(12)20-8-10-3-2-4-13(18)15(10)16/h2-7H,8H2,1H3. The van der Waals surface area contributed by atoms with Crippen molar-refractivity contribution < 1.29 is 18.3 Å². The molecular weight excluding hydrogens is 330 g/mol. The number of halogens is 3. The van der Waals surface area contributed by atoms with Crippen LogP contribution in [0.25, 0.3) is 0 Å². The molecule has 5 heteroatoms. The van der Waals surface area contributed by atoms with Gasteiger partial charge in [-0.3, -0.25) is 4.79 Å². The summed E-state index contributed by atoms with van der Waals surface area (Å²) >= 11 is 3.13. The third-order valence-corrected chi connectivity index (χ3v) is 3.62. The highest BCUT2D eigenvalue weighted by atomic mass is 79.9. The Hall–Kier alpha value is -1.75. The first kappa shape index (κ1) is 14.7. The summed E-state index contributed by atoms with van der Waals surface area (Å²) in [4.78, 5) is 11.4. The van der Waals surface area contributed by atoms with Gasteiger partial charge in [-0.1, -0.05) is 12.1 Å². The highest BCUT2D eigenvalue weighted by molar-refractivity contribution is 9.10. The van der Waals surface area contributed by atoms with E-state index in [1.54, 1.807) is 12.1 Å². The van der Waals surface area contributed by atoms with Crippen molar-refractivity contribution in [3.8, 4) is 5.75 Å². The van der Waals surface area contributed by atoms with Crippen LogP contribution >= 0.6 is 15.9 Å². The first-order valence-electron chi connectivity index (χ1n) is 5.85. The zero-order chi connectivity index (χ0) is 14.7. The van der Waals surface area contributed by atoms with Crippen LogP contribution in [-0.4, -0.2) is 5.78 Å². The van der Waals surface area contributed by atoms with Crippen molar-refractivity contribution in [2.24, 2.45) is 0 Å². The van der Waals surface area contributed by atoms with Gasteiger partial charge in [0.15, 0.2) is 5.78 Å².